The standard InChI is InChI=1S/C13H11F3N4O/c1-7-9(3-2-6-19-7)21-12-8(11(17)18)4-5-10(20-12)13(14,15)16/h2-6H,1H3,(H3,17,18). The Hall–Kier alpha value is -2.64. The van der Waals surface area contributed by atoms with Gasteiger partial charge in [-0.1, -0.05) is 0 Å². The van der Waals surface area contributed by atoms with Crippen LogP contribution in [0.2, 0.25) is 0 Å². The van der Waals surface area contributed by atoms with Crippen molar-refractivity contribution in [1.29, 1.82) is 5.41 Å². The lowest BCUT2D eigenvalue weighted by molar-refractivity contribution is -0.141. The van der Waals surface area contributed by atoms with Crippen LogP contribution in [0.15, 0.2) is 30.5 Å². The van der Waals surface area contributed by atoms with E-state index < -0.39 is 17.7 Å². The number of aromatic nitrogens is 2. The molecular formula is C13H11F3N4O. The molecule has 8 heteroatoms. The molecule has 0 aliphatic heterocycles. The largest absolute Gasteiger partial charge is 0.436 e. The lowest BCUT2D eigenvalue weighted by Crippen LogP contribution is -2.16. The van der Waals surface area contributed by atoms with Crippen molar-refractivity contribution in [1.82, 2.24) is 9.97 Å². The minimum absolute atomic E-state index is 0.0220. The van der Waals surface area contributed by atoms with Crippen molar-refractivity contribution in [3.8, 4) is 11.6 Å². The molecule has 2 aromatic heterocycles. The predicted molar refractivity (Wildman–Crippen MR) is 69.3 cm³/mol. The van der Waals surface area contributed by atoms with Crippen LogP contribution in [0.4, 0.5) is 13.2 Å². The predicted octanol–water partition coefficient (Wildman–Crippen LogP) is 2.88. The molecular weight excluding hydrogens is 285 g/mol. The van der Waals surface area contributed by atoms with E-state index in [9.17, 15) is 13.2 Å². The summed E-state index contributed by atoms with van der Waals surface area (Å²) in [6.07, 6.45) is -3.09. The van der Waals surface area contributed by atoms with Gasteiger partial charge in [-0.05, 0) is 31.2 Å². The van der Waals surface area contributed by atoms with Gasteiger partial charge in [0.25, 0.3) is 0 Å². The number of halogens is 3. The lowest BCUT2D eigenvalue weighted by atomic mass is 10.2. The van der Waals surface area contributed by atoms with Crippen LogP contribution in [-0.4, -0.2) is 15.8 Å². The van der Waals surface area contributed by atoms with Gasteiger partial charge in [0.2, 0.25) is 5.88 Å². The van der Waals surface area contributed by atoms with Crippen molar-refractivity contribution < 1.29 is 17.9 Å². The number of rotatable bonds is 3. The number of nitrogens with one attached hydrogen (secondary N) is 1. The lowest BCUT2D eigenvalue weighted by Gasteiger charge is -2.13. The Balaban J connectivity index is 2.49. The van der Waals surface area contributed by atoms with Crippen LogP contribution < -0.4 is 10.5 Å². The third kappa shape index (κ3) is 3.28. The number of pyridine rings is 2. The summed E-state index contributed by atoms with van der Waals surface area (Å²) in [6.45, 7) is 1.64. The summed E-state index contributed by atoms with van der Waals surface area (Å²) in [5.74, 6) is -0.576. The fourth-order valence-corrected chi connectivity index (χ4v) is 1.56. The molecule has 0 aliphatic carbocycles. The van der Waals surface area contributed by atoms with E-state index in [1.165, 1.54) is 12.3 Å². The summed E-state index contributed by atoms with van der Waals surface area (Å²) in [5, 5.41) is 7.38. The zero-order valence-electron chi connectivity index (χ0n) is 10.9. The van der Waals surface area contributed by atoms with Gasteiger partial charge >= 0.3 is 6.18 Å². The Morgan fingerprint density at radius 2 is 2.00 bits per heavy atom. The maximum atomic E-state index is 12.7. The molecule has 0 unspecified atom stereocenters. The van der Waals surface area contributed by atoms with Crippen LogP contribution in [0, 0.1) is 12.3 Å². The molecule has 0 spiro atoms. The number of nitrogens with zero attached hydrogens (tertiary/aromatic N) is 2. The smallest absolute Gasteiger partial charge is 0.433 e. The summed E-state index contributed by atoms with van der Waals surface area (Å²) in [7, 11) is 0. The molecule has 0 atom stereocenters. The molecule has 5 nitrogen and oxygen atoms in total. The molecule has 0 aliphatic rings. The van der Waals surface area contributed by atoms with Crippen molar-refractivity contribution in [3.63, 3.8) is 0 Å². The van der Waals surface area contributed by atoms with E-state index in [4.69, 9.17) is 15.9 Å². The van der Waals surface area contributed by atoms with Gasteiger partial charge in [-0.3, -0.25) is 10.4 Å². The number of nitrogen functional groups attached to an aromatic ring is 1. The van der Waals surface area contributed by atoms with Crippen molar-refractivity contribution in [2.45, 2.75) is 13.1 Å². The molecule has 0 radical (unpaired) electrons. The topological polar surface area (TPSA) is 84.9 Å². The third-order valence-corrected chi connectivity index (χ3v) is 2.61. The normalized spacial score (nSPS) is 11.2. The van der Waals surface area contributed by atoms with Crippen LogP contribution in [0.3, 0.4) is 0 Å². The van der Waals surface area contributed by atoms with Gasteiger partial charge in [-0.25, -0.2) is 4.98 Å². The van der Waals surface area contributed by atoms with Gasteiger partial charge in [0.15, 0.2) is 5.75 Å². The van der Waals surface area contributed by atoms with Gasteiger partial charge < -0.3 is 10.5 Å². The molecule has 0 aromatic carbocycles. The average molecular weight is 296 g/mol. The number of hydrogen-bond acceptors (Lipinski definition) is 4. The van der Waals surface area contributed by atoms with Gasteiger partial charge in [-0.2, -0.15) is 13.2 Å². The Morgan fingerprint density at radius 3 is 2.57 bits per heavy atom. The Labute approximate surface area is 118 Å². The zero-order valence-corrected chi connectivity index (χ0v) is 10.9. The molecule has 3 N–H and O–H groups in total. The van der Waals surface area contributed by atoms with E-state index in [1.807, 2.05) is 0 Å². The van der Waals surface area contributed by atoms with E-state index in [-0.39, 0.29) is 17.2 Å². The first-order valence-corrected chi connectivity index (χ1v) is 5.81. The number of ether oxygens (including phenoxy) is 1. The molecule has 110 valence electrons. The highest BCUT2D eigenvalue weighted by Crippen LogP contribution is 2.32. The van der Waals surface area contributed by atoms with Crippen LogP contribution >= 0.6 is 0 Å². The SMILES string of the molecule is Cc1ncccc1Oc1nc(C(F)(F)F)ccc1C(=N)N. The van der Waals surface area contributed by atoms with E-state index in [0.717, 1.165) is 12.1 Å². The number of nitrogens with two attached hydrogens (primary N) is 1. The van der Waals surface area contributed by atoms with Crippen LogP contribution in [0.5, 0.6) is 11.6 Å². The molecule has 2 rings (SSSR count). The zero-order chi connectivity index (χ0) is 15.6. The van der Waals surface area contributed by atoms with Gasteiger partial charge in [-0.15, -0.1) is 0 Å². The summed E-state index contributed by atoms with van der Waals surface area (Å²) >= 11 is 0. The molecule has 0 bridgehead atoms. The van der Waals surface area contributed by atoms with Crippen LogP contribution in [0.1, 0.15) is 17.0 Å². The number of hydrogen-bond donors (Lipinski definition) is 2. The second-order valence-electron chi connectivity index (χ2n) is 4.15. The third-order valence-electron chi connectivity index (χ3n) is 2.61. The number of alkyl halides is 3. The minimum Gasteiger partial charge on any atom is -0.436 e. The first-order valence-electron chi connectivity index (χ1n) is 5.81. The second kappa shape index (κ2) is 5.39. The molecule has 0 saturated heterocycles. The first kappa shape index (κ1) is 14.8. The molecule has 2 aromatic rings. The van der Waals surface area contributed by atoms with E-state index in [1.54, 1.807) is 13.0 Å². The monoisotopic (exact) mass is 296 g/mol. The van der Waals surface area contributed by atoms with Gasteiger partial charge in [0.1, 0.15) is 11.5 Å². The Bertz CT molecular complexity index is 685. The fourth-order valence-electron chi connectivity index (χ4n) is 1.56. The van der Waals surface area contributed by atoms with Crippen LogP contribution in [-0.2, 0) is 6.18 Å². The first-order chi connectivity index (χ1) is 9.79. The summed E-state index contributed by atoms with van der Waals surface area (Å²) in [5.41, 5.74) is 4.67. The van der Waals surface area contributed by atoms with E-state index in [0.29, 0.717) is 5.69 Å². The van der Waals surface area contributed by atoms with Crippen molar-refractivity contribution >= 4 is 5.84 Å². The highest BCUT2D eigenvalue weighted by Gasteiger charge is 2.33. The van der Waals surface area contributed by atoms with Crippen molar-refractivity contribution in [2.24, 2.45) is 5.73 Å². The quantitative estimate of drug-likeness (QED) is 0.673. The van der Waals surface area contributed by atoms with Crippen LogP contribution in [0.25, 0.3) is 0 Å². The summed E-state index contributed by atoms with van der Waals surface area (Å²) in [6, 6.07) is 4.91. The Kier molecular flexibility index (Phi) is 3.79. The summed E-state index contributed by atoms with van der Waals surface area (Å²) < 4.78 is 43.5. The molecule has 0 saturated carbocycles. The molecule has 21 heavy (non-hydrogen) atoms. The Morgan fingerprint density at radius 1 is 1.29 bits per heavy atom. The maximum absolute atomic E-state index is 12.7. The maximum Gasteiger partial charge on any atom is 0.433 e. The molecule has 2 heterocycles. The number of amidine groups is 1. The highest BCUT2D eigenvalue weighted by molar-refractivity contribution is 5.97. The molecule has 0 fully saturated rings. The fraction of sp³-hybridized carbons (Fsp3) is 0.154. The number of aryl methyl sites for hydroxylation is 1. The minimum atomic E-state index is -4.61. The van der Waals surface area contributed by atoms with E-state index >= 15 is 0 Å². The second-order valence-corrected chi connectivity index (χ2v) is 4.15. The average Bonchev–Trinajstić information content (AvgIpc) is 2.40. The summed E-state index contributed by atoms with van der Waals surface area (Å²) in [4.78, 5) is 7.37. The van der Waals surface area contributed by atoms with Crippen molar-refractivity contribution in [3.05, 3.63) is 47.4 Å². The molecule has 0 amide bonds. The van der Waals surface area contributed by atoms with E-state index in [2.05, 4.69) is 9.97 Å². The highest BCUT2D eigenvalue weighted by atomic mass is 19.4. The van der Waals surface area contributed by atoms with Gasteiger partial charge in [0, 0.05) is 6.20 Å². The van der Waals surface area contributed by atoms with Crippen molar-refractivity contribution in [2.75, 3.05) is 0 Å². The van der Waals surface area contributed by atoms with Gasteiger partial charge in [0.05, 0.1) is 11.3 Å².